The van der Waals surface area contributed by atoms with Gasteiger partial charge in [0.05, 0.1) is 23.4 Å². The fraction of sp³-hybridized carbons (Fsp3) is 0.333. The van der Waals surface area contributed by atoms with Crippen LogP contribution in [0.15, 0.2) is 30.6 Å². The molecule has 1 unspecified atom stereocenters. The van der Waals surface area contributed by atoms with E-state index in [-0.39, 0.29) is 12.5 Å². The fourth-order valence-electron chi connectivity index (χ4n) is 1.56. The van der Waals surface area contributed by atoms with Crippen molar-refractivity contribution in [2.45, 2.75) is 19.4 Å². The molecular weight excluding hydrogens is 218 g/mol. The highest BCUT2D eigenvalue weighted by Gasteiger charge is 2.12. The van der Waals surface area contributed by atoms with Crippen molar-refractivity contribution in [3.63, 3.8) is 0 Å². The molecular formula is C12H15N3O2. The first-order valence-corrected chi connectivity index (χ1v) is 5.61. The first-order chi connectivity index (χ1) is 8.22. The van der Waals surface area contributed by atoms with Gasteiger partial charge < -0.3 is 10.4 Å². The molecule has 2 aromatic heterocycles. The molecule has 2 aromatic rings. The van der Waals surface area contributed by atoms with E-state index in [0.717, 1.165) is 5.52 Å². The van der Waals surface area contributed by atoms with Crippen LogP contribution in [-0.4, -0.2) is 33.3 Å². The van der Waals surface area contributed by atoms with Crippen molar-refractivity contribution in [2.75, 3.05) is 6.54 Å². The fourth-order valence-corrected chi connectivity index (χ4v) is 1.56. The van der Waals surface area contributed by atoms with Crippen molar-refractivity contribution in [3.8, 4) is 0 Å². The highest BCUT2D eigenvalue weighted by atomic mass is 16.3. The highest BCUT2D eigenvalue weighted by molar-refractivity contribution is 6.00. The van der Waals surface area contributed by atoms with Gasteiger partial charge in [-0.05, 0) is 18.6 Å². The predicted octanol–water partition coefficient (Wildman–Crippen LogP) is 0.835. The summed E-state index contributed by atoms with van der Waals surface area (Å²) in [6, 6.07) is 5.54. The average Bonchev–Trinajstić information content (AvgIpc) is 2.79. The summed E-state index contributed by atoms with van der Waals surface area (Å²) in [5, 5.41) is 16.1. The van der Waals surface area contributed by atoms with E-state index in [9.17, 15) is 9.90 Å². The zero-order valence-electron chi connectivity index (χ0n) is 9.63. The van der Waals surface area contributed by atoms with Crippen LogP contribution in [0.3, 0.4) is 0 Å². The monoisotopic (exact) mass is 233 g/mol. The lowest BCUT2D eigenvalue weighted by atomic mass is 10.2. The van der Waals surface area contributed by atoms with E-state index in [1.54, 1.807) is 10.7 Å². The lowest BCUT2D eigenvalue weighted by molar-refractivity contribution is 0.0915. The number of aliphatic hydroxyl groups is 1. The molecule has 0 fully saturated rings. The van der Waals surface area contributed by atoms with Crippen LogP contribution >= 0.6 is 0 Å². The summed E-state index contributed by atoms with van der Waals surface area (Å²) in [4.78, 5) is 11.9. The summed E-state index contributed by atoms with van der Waals surface area (Å²) in [6.45, 7) is 2.13. The molecule has 0 radical (unpaired) electrons. The second-order valence-electron chi connectivity index (χ2n) is 3.86. The minimum absolute atomic E-state index is 0.210. The second-order valence-corrected chi connectivity index (χ2v) is 3.86. The molecule has 0 aliphatic heterocycles. The van der Waals surface area contributed by atoms with Crippen molar-refractivity contribution in [1.82, 2.24) is 14.9 Å². The SMILES string of the molecule is CCC(O)CNC(=O)c1cnn2ccccc12. The Labute approximate surface area is 99.1 Å². The van der Waals surface area contributed by atoms with Gasteiger partial charge in [0.25, 0.3) is 5.91 Å². The van der Waals surface area contributed by atoms with E-state index in [1.807, 2.05) is 25.1 Å². The van der Waals surface area contributed by atoms with Crippen molar-refractivity contribution in [1.29, 1.82) is 0 Å². The van der Waals surface area contributed by atoms with Crippen LogP contribution in [0.25, 0.3) is 5.52 Å². The molecule has 90 valence electrons. The van der Waals surface area contributed by atoms with Gasteiger partial charge >= 0.3 is 0 Å². The minimum Gasteiger partial charge on any atom is -0.391 e. The third-order valence-electron chi connectivity index (χ3n) is 2.64. The number of rotatable bonds is 4. The maximum absolute atomic E-state index is 11.9. The summed E-state index contributed by atoms with van der Waals surface area (Å²) < 4.78 is 1.64. The van der Waals surface area contributed by atoms with Crippen molar-refractivity contribution >= 4 is 11.4 Å². The number of aromatic nitrogens is 2. The maximum Gasteiger partial charge on any atom is 0.255 e. The van der Waals surface area contributed by atoms with E-state index in [2.05, 4.69) is 10.4 Å². The highest BCUT2D eigenvalue weighted by Crippen LogP contribution is 2.09. The van der Waals surface area contributed by atoms with Crippen molar-refractivity contribution < 1.29 is 9.90 Å². The molecule has 0 saturated heterocycles. The van der Waals surface area contributed by atoms with Crippen LogP contribution in [-0.2, 0) is 0 Å². The van der Waals surface area contributed by atoms with E-state index in [1.165, 1.54) is 6.20 Å². The molecule has 0 spiro atoms. The number of pyridine rings is 1. The number of carbonyl (C=O) groups is 1. The first kappa shape index (κ1) is 11.6. The summed E-state index contributed by atoms with van der Waals surface area (Å²) in [7, 11) is 0. The molecule has 0 saturated carbocycles. The number of hydrogen-bond donors (Lipinski definition) is 2. The molecule has 2 N–H and O–H groups in total. The molecule has 1 amide bonds. The van der Waals surface area contributed by atoms with Crippen LogP contribution in [0.2, 0.25) is 0 Å². The van der Waals surface area contributed by atoms with Gasteiger partial charge in [0.15, 0.2) is 0 Å². The largest absolute Gasteiger partial charge is 0.391 e. The molecule has 17 heavy (non-hydrogen) atoms. The Morgan fingerprint density at radius 3 is 3.18 bits per heavy atom. The summed E-state index contributed by atoms with van der Waals surface area (Å²) in [6.07, 6.45) is 3.44. The van der Waals surface area contributed by atoms with Crippen molar-refractivity contribution in [2.24, 2.45) is 0 Å². The van der Waals surface area contributed by atoms with Gasteiger partial charge in [-0.3, -0.25) is 4.79 Å². The Morgan fingerprint density at radius 2 is 2.41 bits per heavy atom. The normalized spacial score (nSPS) is 12.6. The van der Waals surface area contributed by atoms with Gasteiger partial charge in [0.2, 0.25) is 0 Å². The van der Waals surface area contributed by atoms with E-state index >= 15 is 0 Å². The molecule has 0 aliphatic carbocycles. The summed E-state index contributed by atoms with van der Waals surface area (Å²) >= 11 is 0. The van der Waals surface area contributed by atoms with Gasteiger partial charge in [0.1, 0.15) is 0 Å². The van der Waals surface area contributed by atoms with Crippen molar-refractivity contribution in [3.05, 3.63) is 36.2 Å². The smallest absolute Gasteiger partial charge is 0.255 e. The number of carbonyl (C=O) groups excluding carboxylic acids is 1. The zero-order valence-corrected chi connectivity index (χ0v) is 9.63. The molecule has 0 aromatic carbocycles. The predicted molar refractivity (Wildman–Crippen MR) is 63.8 cm³/mol. The molecule has 1 atom stereocenters. The maximum atomic E-state index is 11.9. The van der Waals surface area contributed by atoms with E-state index in [0.29, 0.717) is 12.0 Å². The van der Waals surface area contributed by atoms with Gasteiger partial charge in [-0.15, -0.1) is 0 Å². The molecule has 5 nitrogen and oxygen atoms in total. The quantitative estimate of drug-likeness (QED) is 0.822. The zero-order chi connectivity index (χ0) is 12.3. The Hall–Kier alpha value is -1.88. The molecule has 2 heterocycles. The Bertz CT molecular complexity index is 521. The number of amides is 1. The third-order valence-corrected chi connectivity index (χ3v) is 2.64. The summed E-state index contributed by atoms with van der Waals surface area (Å²) in [5.74, 6) is -0.210. The van der Waals surface area contributed by atoms with Gasteiger partial charge in [-0.2, -0.15) is 5.10 Å². The van der Waals surface area contributed by atoms with Gasteiger partial charge in [-0.1, -0.05) is 13.0 Å². The van der Waals surface area contributed by atoms with Crippen LogP contribution in [0.4, 0.5) is 0 Å². The number of aliphatic hydroxyl groups excluding tert-OH is 1. The minimum atomic E-state index is -0.499. The Morgan fingerprint density at radius 1 is 1.59 bits per heavy atom. The van der Waals surface area contributed by atoms with E-state index in [4.69, 9.17) is 0 Å². The van der Waals surface area contributed by atoms with Gasteiger partial charge in [-0.25, -0.2) is 4.52 Å². The van der Waals surface area contributed by atoms with Crippen LogP contribution in [0.1, 0.15) is 23.7 Å². The summed E-state index contributed by atoms with van der Waals surface area (Å²) in [5.41, 5.74) is 1.28. The number of hydrogen-bond acceptors (Lipinski definition) is 3. The first-order valence-electron chi connectivity index (χ1n) is 5.61. The molecule has 0 bridgehead atoms. The van der Waals surface area contributed by atoms with Crippen LogP contribution in [0, 0.1) is 0 Å². The molecule has 5 heteroatoms. The standard InChI is InChI=1S/C12H15N3O2/c1-2-9(16)7-13-12(17)10-8-14-15-6-4-3-5-11(10)15/h3-6,8-9,16H,2,7H2,1H3,(H,13,17). The number of nitrogens with one attached hydrogen (secondary N) is 1. The Kier molecular flexibility index (Phi) is 3.39. The lowest BCUT2D eigenvalue weighted by Crippen LogP contribution is -2.31. The lowest BCUT2D eigenvalue weighted by Gasteiger charge is -2.08. The van der Waals surface area contributed by atoms with E-state index < -0.39 is 6.10 Å². The van der Waals surface area contributed by atoms with Crippen LogP contribution < -0.4 is 5.32 Å². The van der Waals surface area contributed by atoms with Crippen LogP contribution in [0.5, 0.6) is 0 Å². The molecule has 0 aliphatic rings. The Balaban J connectivity index is 2.14. The second kappa shape index (κ2) is 4.97. The van der Waals surface area contributed by atoms with Gasteiger partial charge in [0, 0.05) is 12.7 Å². The topological polar surface area (TPSA) is 66.6 Å². The molecule has 2 rings (SSSR count). The third kappa shape index (κ3) is 2.45. The average molecular weight is 233 g/mol. The number of fused-ring (bicyclic) bond motifs is 1. The number of nitrogens with zero attached hydrogens (tertiary/aromatic N) is 2.